The first-order valence-electron chi connectivity index (χ1n) is 9.79. The minimum absolute atomic E-state index is 0.150. The van der Waals surface area contributed by atoms with E-state index >= 15 is 0 Å². The monoisotopic (exact) mass is 487 g/mol. The normalized spacial score (nSPS) is 15.7. The fourth-order valence-electron chi connectivity index (χ4n) is 3.74. The molecule has 8 nitrogen and oxygen atoms in total. The average molecular weight is 488 g/mol. The van der Waals surface area contributed by atoms with E-state index in [0.29, 0.717) is 27.7 Å². The number of carbonyl (C=O) groups excluding carboxylic acids is 1. The van der Waals surface area contributed by atoms with Gasteiger partial charge in [0.15, 0.2) is 0 Å². The molecule has 0 saturated carbocycles. The van der Waals surface area contributed by atoms with Gasteiger partial charge in [-0.2, -0.15) is 4.31 Å². The Morgan fingerprint density at radius 1 is 1.06 bits per heavy atom. The number of piperazine rings is 1. The Kier molecular flexibility index (Phi) is 5.25. The van der Waals surface area contributed by atoms with Gasteiger partial charge < -0.3 is 10.6 Å². The Morgan fingerprint density at radius 2 is 1.88 bits per heavy atom. The zero-order valence-electron chi connectivity index (χ0n) is 16.7. The summed E-state index contributed by atoms with van der Waals surface area (Å²) in [6.07, 6.45) is 0. The lowest BCUT2D eigenvalue weighted by molar-refractivity contribution is -0.134. The van der Waals surface area contributed by atoms with Crippen molar-refractivity contribution in [2.24, 2.45) is 0 Å². The Hall–Kier alpha value is -2.79. The third-order valence-electron chi connectivity index (χ3n) is 5.39. The van der Waals surface area contributed by atoms with Crippen LogP contribution in [0, 0.1) is 0 Å². The summed E-state index contributed by atoms with van der Waals surface area (Å²) >= 11 is 6.96. The molecule has 1 fully saturated rings. The summed E-state index contributed by atoms with van der Waals surface area (Å²) in [6.45, 7) is 0.611. The summed E-state index contributed by atoms with van der Waals surface area (Å²) in [5.74, 6) is 0.148. The van der Waals surface area contributed by atoms with Gasteiger partial charge in [0.05, 0.1) is 12.1 Å². The zero-order valence-corrected chi connectivity index (χ0v) is 19.1. The van der Waals surface area contributed by atoms with Gasteiger partial charge >= 0.3 is 0 Å². The number of hydrogen-bond acceptors (Lipinski definition) is 7. The number of carbonyl (C=O) groups is 1. The van der Waals surface area contributed by atoms with E-state index in [0.717, 1.165) is 27.8 Å². The fourth-order valence-corrected chi connectivity index (χ4v) is 6.81. The first kappa shape index (κ1) is 21.1. The van der Waals surface area contributed by atoms with E-state index in [2.05, 4.69) is 9.97 Å². The first-order chi connectivity index (χ1) is 15.3. The molecule has 1 saturated heterocycles. The summed E-state index contributed by atoms with van der Waals surface area (Å²) in [6, 6.07) is 14.3. The Morgan fingerprint density at radius 3 is 2.69 bits per heavy atom. The molecule has 1 aliphatic heterocycles. The Labute approximate surface area is 193 Å². The minimum Gasteiger partial charge on any atom is -0.384 e. The number of para-hydroxylation sites is 1. The van der Waals surface area contributed by atoms with Crippen LogP contribution in [0.1, 0.15) is 5.56 Å². The standard InChI is InChI=1S/C21H18ClN5O3S2/c22-16-6-4-14-10-19(31-21(14)24-16)32(29,30)27-9-8-26(18(28)12-27)11-15-3-1-2-13-5-7-17(23)25-20(13)15/h1-7,10H,8-9,11-12H2,(H2,23,25). The Bertz CT molecular complexity index is 1470. The van der Waals surface area contributed by atoms with E-state index in [1.807, 2.05) is 24.3 Å². The summed E-state index contributed by atoms with van der Waals surface area (Å²) in [7, 11) is -3.81. The number of benzene rings is 1. The molecule has 0 radical (unpaired) electrons. The minimum atomic E-state index is -3.81. The SMILES string of the molecule is Nc1ccc2cccc(CN3CCN(S(=O)(=O)c4cc5ccc(Cl)nc5s4)CC3=O)c2n1. The van der Waals surface area contributed by atoms with Crippen LogP contribution in [0.5, 0.6) is 0 Å². The van der Waals surface area contributed by atoms with E-state index in [1.165, 1.54) is 4.31 Å². The maximum atomic E-state index is 13.1. The van der Waals surface area contributed by atoms with Gasteiger partial charge in [0.25, 0.3) is 10.0 Å². The van der Waals surface area contributed by atoms with Crippen molar-refractivity contribution in [1.29, 1.82) is 0 Å². The number of rotatable bonds is 4. The highest BCUT2D eigenvalue weighted by Gasteiger charge is 2.34. The molecule has 4 heterocycles. The molecule has 11 heteroatoms. The van der Waals surface area contributed by atoms with Crippen LogP contribution in [0.2, 0.25) is 5.15 Å². The highest BCUT2D eigenvalue weighted by molar-refractivity contribution is 7.91. The largest absolute Gasteiger partial charge is 0.384 e. The van der Waals surface area contributed by atoms with E-state index in [9.17, 15) is 13.2 Å². The van der Waals surface area contributed by atoms with Gasteiger partial charge in [-0.05, 0) is 35.9 Å². The van der Waals surface area contributed by atoms with E-state index < -0.39 is 10.0 Å². The van der Waals surface area contributed by atoms with Crippen LogP contribution in [0.15, 0.2) is 52.7 Å². The topological polar surface area (TPSA) is 109 Å². The molecule has 32 heavy (non-hydrogen) atoms. The zero-order chi connectivity index (χ0) is 22.5. The van der Waals surface area contributed by atoms with Crippen molar-refractivity contribution in [3.8, 4) is 0 Å². The molecule has 4 aromatic rings. The van der Waals surface area contributed by atoms with E-state index in [-0.39, 0.29) is 29.8 Å². The van der Waals surface area contributed by atoms with Crippen molar-refractivity contribution in [1.82, 2.24) is 19.2 Å². The average Bonchev–Trinajstić information content (AvgIpc) is 3.19. The van der Waals surface area contributed by atoms with Crippen molar-refractivity contribution < 1.29 is 13.2 Å². The summed E-state index contributed by atoms with van der Waals surface area (Å²) < 4.78 is 27.7. The lowest BCUT2D eigenvalue weighted by atomic mass is 10.1. The highest BCUT2D eigenvalue weighted by atomic mass is 35.5. The number of nitrogens with zero attached hydrogens (tertiary/aromatic N) is 4. The molecule has 2 N–H and O–H groups in total. The van der Waals surface area contributed by atoms with Gasteiger partial charge in [-0.15, -0.1) is 11.3 Å². The molecule has 0 bridgehead atoms. The van der Waals surface area contributed by atoms with Crippen molar-refractivity contribution in [2.45, 2.75) is 10.8 Å². The predicted octanol–water partition coefficient (Wildman–Crippen LogP) is 3.11. The van der Waals surface area contributed by atoms with Gasteiger partial charge in [-0.1, -0.05) is 29.8 Å². The maximum Gasteiger partial charge on any atom is 0.253 e. The summed E-state index contributed by atoms with van der Waals surface area (Å²) in [4.78, 5) is 23.6. The van der Waals surface area contributed by atoms with Crippen LogP contribution in [-0.4, -0.2) is 53.1 Å². The third-order valence-corrected chi connectivity index (χ3v) is 8.94. The second-order valence-corrected chi connectivity index (χ2v) is 11.1. The molecule has 164 valence electrons. The lowest BCUT2D eigenvalue weighted by Crippen LogP contribution is -2.51. The van der Waals surface area contributed by atoms with Gasteiger partial charge in [0.1, 0.15) is 20.0 Å². The molecular formula is C21H18ClN5O3S2. The number of sulfonamides is 1. The van der Waals surface area contributed by atoms with Crippen LogP contribution >= 0.6 is 22.9 Å². The number of pyridine rings is 2. The number of aromatic nitrogens is 2. The number of nitrogens with two attached hydrogens (primary N) is 1. The molecule has 1 aliphatic rings. The number of hydrogen-bond donors (Lipinski definition) is 1. The van der Waals surface area contributed by atoms with Crippen molar-refractivity contribution in [3.63, 3.8) is 0 Å². The molecule has 5 rings (SSSR count). The molecule has 0 unspecified atom stereocenters. The molecule has 1 amide bonds. The van der Waals surface area contributed by atoms with Gasteiger partial charge in [-0.3, -0.25) is 4.79 Å². The van der Waals surface area contributed by atoms with E-state index in [4.69, 9.17) is 17.3 Å². The second kappa shape index (κ2) is 7.96. The maximum absolute atomic E-state index is 13.1. The third kappa shape index (κ3) is 3.79. The predicted molar refractivity (Wildman–Crippen MR) is 125 cm³/mol. The molecule has 0 aliphatic carbocycles. The quantitative estimate of drug-likeness (QED) is 0.443. The number of halogens is 1. The number of nitrogen functional groups attached to an aromatic ring is 1. The summed E-state index contributed by atoms with van der Waals surface area (Å²) in [5.41, 5.74) is 7.44. The number of amides is 1. The second-order valence-electron chi connectivity index (χ2n) is 7.47. The van der Waals surface area contributed by atoms with Crippen LogP contribution in [0.3, 0.4) is 0 Å². The molecule has 3 aromatic heterocycles. The van der Waals surface area contributed by atoms with Crippen LogP contribution in [0.25, 0.3) is 21.1 Å². The van der Waals surface area contributed by atoms with Crippen molar-refractivity contribution in [2.75, 3.05) is 25.4 Å². The molecule has 0 atom stereocenters. The molecule has 1 aromatic carbocycles. The van der Waals surface area contributed by atoms with Gasteiger partial charge in [0, 0.05) is 30.4 Å². The van der Waals surface area contributed by atoms with Crippen molar-refractivity contribution >= 4 is 65.8 Å². The molecular weight excluding hydrogens is 470 g/mol. The number of thiophene rings is 1. The van der Waals surface area contributed by atoms with Gasteiger partial charge in [-0.25, -0.2) is 18.4 Å². The van der Waals surface area contributed by atoms with Crippen LogP contribution in [-0.2, 0) is 21.4 Å². The smallest absolute Gasteiger partial charge is 0.253 e. The van der Waals surface area contributed by atoms with Crippen LogP contribution in [0.4, 0.5) is 5.82 Å². The summed E-state index contributed by atoms with van der Waals surface area (Å²) in [5, 5.41) is 1.94. The van der Waals surface area contributed by atoms with Gasteiger partial charge in [0.2, 0.25) is 5.91 Å². The van der Waals surface area contributed by atoms with Crippen LogP contribution < -0.4 is 5.73 Å². The highest BCUT2D eigenvalue weighted by Crippen LogP contribution is 2.31. The Balaban J connectivity index is 1.36. The van der Waals surface area contributed by atoms with E-state index in [1.54, 1.807) is 29.2 Å². The number of fused-ring (bicyclic) bond motifs is 2. The fraction of sp³-hybridized carbons (Fsp3) is 0.190. The first-order valence-corrected chi connectivity index (χ1v) is 12.4. The van der Waals surface area contributed by atoms with Crippen molar-refractivity contribution in [3.05, 3.63) is 59.2 Å². The lowest BCUT2D eigenvalue weighted by Gasteiger charge is -2.33. The number of anilines is 1. The molecule has 0 spiro atoms.